The van der Waals surface area contributed by atoms with E-state index in [0.717, 1.165) is 29.8 Å². The van der Waals surface area contributed by atoms with Gasteiger partial charge in [-0.2, -0.15) is 11.8 Å². The van der Waals surface area contributed by atoms with Crippen LogP contribution in [0.3, 0.4) is 0 Å². The van der Waals surface area contributed by atoms with Crippen LogP contribution >= 0.6 is 11.8 Å². The van der Waals surface area contributed by atoms with Crippen molar-refractivity contribution in [3.8, 4) is 0 Å². The van der Waals surface area contributed by atoms with Gasteiger partial charge in [0.25, 0.3) is 0 Å². The number of hydrogen-bond acceptors (Lipinski definition) is 3. The molecule has 0 aliphatic heterocycles. The molecule has 0 saturated carbocycles. The van der Waals surface area contributed by atoms with Crippen LogP contribution < -0.4 is 5.32 Å². The van der Waals surface area contributed by atoms with E-state index >= 15 is 0 Å². The minimum Gasteiger partial charge on any atom is -0.392 e. The number of rotatable bonds is 7. The molecular weight excluding hydrogens is 234 g/mol. The van der Waals surface area contributed by atoms with E-state index in [2.05, 4.69) is 12.2 Å². The van der Waals surface area contributed by atoms with Gasteiger partial charge in [-0.25, -0.2) is 0 Å². The molecule has 17 heavy (non-hydrogen) atoms. The van der Waals surface area contributed by atoms with Gasteiger partial charge >= 0.3 is 0 Å². The van der Waals surface area contributed by atoms with Gasteiger partial charge in [0.05, 0.1) is 12.4 Å². The van der Waals surface area contributed by atoms with E-state index < -0.39 is 0 Å². The molecule has 0 bridgehead atoms. The van der Waals surface area contributed by atoms with Crippen LogP contribution in [0.2, 0.25) is 0 Å². The standard InChI is InChI=1S/C13H19NO2S/c1-2-3-7-17-10-13(16)14-12-6-4-5-11(8-12)9-15/h4-6,8,15H,2-3,7,9-10H2,1H3,(H,14,16). The van der Waals surface area contributed by atoms with Gasteiger partial charge in [0, 0.05) is 5.69 Å². The summed E-state index contributed by atoms with van der Waals surface area (Å²) >= 11 is 1.65. The zero-order valence-corrected chi connectivity index (χ0v) is 10.9. The Morgan fingerprint density at radius 1 is 1.47 bits per heavy atom. The molecule has 2 N–H and O–H groups in total. The maximum atomic E-state index is 11.6. The molecule has 0 heterocycles. The molecule has 0 fully saturated rings. The molecule has 0 atom stereocenters. The number of thioether (sulfide) groups is 1. The first-order chi connectivity index (χ1) is 8.26. The quantitative estimate of drug-likeness (QED) is 0.734. The highest BCUT2D eigenvalue weighted by atomic mass is 32.2. The fourth-order valence-electron chi connectivity index (χ4n) is 1.36. The van der Waals surface area contributed by atoms with Crippen molar-refractivity contribution in [1.82, 2.24) is 0 Å². The molecule has 1 amide bonds. The third-order valence-corrected chi connectivity index (χ3v) is 3.31. The second kappa shape index (κ2) is 8.14. The van der Waals surface area contributed by atoms with Gasteiger partial charge < -0.3 is 10.4 Å². The van der Waals surface area contributed by atoms with Crippen molar-refractivity contribution < 1.29 is 9.90 Å². The fraction of sp³-hybridized carbons (Fsp3) is 0.462. The molecule has 1 rings (SSSR count). The topological polar surface area (TPSA) is 49.3 Å². The lowest BCUT2D eigenvalue weighted by Gasteiger charge is -2.06. The van der Waals surface area contributed by atoms with Crippen LogP contribution in [0.5, 0.6) is 0 Å². The van der Waals surface area contributed by atoms with Crippen LogP contribution in [-0.2, 0) is 11.4 Å². The summed E-state index contributed by atoms with van der Waals surface area (Å²) in [5.74, 6) is 1.53. The largest absolute Gasteiger partial charge is 0.392 e. The number of aliphatic hydroxyl groups excluding tert-OH is 1. The highest BCUT2D eigenvalue weighted by molar-refractivity contribution is 7.99. The summed E-state index contributed by atoms with van der Waals surface area (Å²) in [7, 11) is 0. The molecule has 0 unspecified atom stereocenters. The van der Waals surface area contributed by atoms with Gasteiger partial charge in [-0.15, -0.1) is 0 Å². The van der Waals surface area contributed by atoms with Crippen LogP contribution in [0.15, 0.2) is 24.3 Å². The molecule has 0 aliphatic rings. The van der Waals surface area contributed by atoms with Gasteiger partial charge in [0.15, 0.2) is 0 Å². The SMILES string of the molecule is CCCCSCC(=O)Nc1cccc(CO)c1. The Balaban J connectivity index is 2.34. The summed E-state index contributed by atoms with van der Waals surface area (Å²) in [6.07, 6.45) is 2.31. The highest BCUT2D eigenvalue weighted by Gasteiger charge is 2.02. The van der Waals surface area contributed by atoms with Crippen LogP contribution in [0.1, 0.15) is 25.3 Å². The zero-order chi connectivity index (χ0) is 12.5. The number of benzene rings is 1. The molecule has 4 heteroatoms. The van der Waals surface area contributed by atoms with Crippen LogP contribution in [-0.4, -0.2) is 22.5 Å². The van der Waals surface area contributed by atoms with E-state index in [0.29, 0.717) is 5.75 Å². The second-order valence-electron chi connectivity index (χ2n) is 3.81. The van der Waals surface area contributed by atoms with E-state index in [9.17, 15) is 4.79 Å². The molecule has 0 spiro atoms. The second-order valence-corrected chi connectivity index (χ2v) is 4.92. The Labute approximate surface area is 107 Å². The summed E-state index contributed by atoms with van der Waals surface area (Å²) in [5.41, 5.74) is 1.55. The third kappa shape index (κ3) is 5.75. The summed E-state index contributed by atoms with van der Waals surface area (Å²) in [5, 5.41) is 11.8. The zero-order valence-electron chi connectivity index (χ0n) is 10.1. The first-order valence-corrected chi connectivity index (χ1v) is 6.99. The minimum atomic E-state index is -0.00500. The first-order valence-electron chi connectivity index (χ1n) is 5.83. The molecule has 0 aliphatic carbocycles. The van der Waals surface area contributed by atoms with Crippen LogP contribution in [0.4, 0.5) is 5.69 Å². The number of nitrogens with one attached hydrogen (secondary N) is 1. The van der Waals surface area contributed by atoms with Gasteiger partial charge in [-0.1, -0.05) is 25.5 Å². The number of aliphatic hydroxyl groups is 1. The monoisotopic (exact) mass is 253 g/mol. The summed E-state index contributed by atoms with van der Waals surface area (Å²) in [6, 6.07) is 7.26. The molecular formula is C13H19NO2S. The lowest BCUT2D eigenvalue weighted by molar-refractivity contribution is -0.113. The number of unbranched alkanes of at least 4 members (excludes halogenated alkanes) is 1. The molecule has 0 radical (unpaired) electrons. The maximum Gasteiger partial charge on any atom is 0.234 e. The summed E-state index contributed by atoms with van der Waals surface area (Å²) < 4.78 is 0. The average Bonchev–Trinajstić information content (AvgIpc) is 2.35. The fourth-order valence-corrected chi connectivity index (χ4v) is 2.25. The van der Waals surface area contributed by atoms with Crippen molar-refractivity contribution in [3.63, 3.8) is 0 Å². The Bertz CT molecular complexity index is 355. The Morgan fingerprint density at radius 3 is 3.00 bits per heavy atom. The van der Waals surface area contributed by atoms with Crippen molar-refractivity contribution in [2.75, 3.05) is 16.8 Å². The number of amides is 1. The summed E-state index contributed by atoms with van der Waals surface area (Å²) in [4.78, 5) is 11.6. The number of anilines is 1. The lowest BCUT2D eigenvalue weighted by atomic mass is 10.2. The molecule has 94 valence electrons. The van der Waals surface area contributed by atoms with E-state index in [1.165, 1.54) is 0 Å². The predicted molar refractivity (Wildman–Crippen MR) is 73.2 cm³/mol. The van der Waals surface area contributed by atoms with Crippen molar-refractivity contribution in [3.05, 3.63) is 29.8 Å². The lowest BCUT2D eigenvalue weighted by Crippen LogP contribution is -2.14. The number of carbonyl (C=O) groups is 1. The Hall–Kier alpha value is -1.00. The van der Waals surface area contributed by atoms with Crippen molar-refractivity contribution in [2.45, 2.75) is 26.4 Å². The number of carbonyl (C=O) groups excluding carboxylic acids is 1. The Morgan fingerprint density at radius 2 is 2.29 bits per heavy atom. The van der Waals surface area contributed by atoms with Gasteiger partial charge in [-0.05, 0) is 29.9 Å². The van der Waals surface area contributed by atoms with Gasteiger partial charge in [0.2, 0.25) is 5.91 Å². The van der Waals surface area contributed by atoms with Crippen molar-refractivity contribution in [2.24, 2.45) is 0 Å². The molecule has 0 aromatic heterocycles. The molecule has 1 aromatic carbocycles. The minimum absolute atomic E-state index is 0.00500. The van der Waals surface area contributed by atoms with Crippen molar-refractivity contribution >= 4 is 23.4 Å². The highest BCUT2D eigenvalue weighted by Crippen LogP contribution is 2.11. The molecule has 0 saturated heterocycles. The molecule has 1 aromatic rings. The van der Waals surface area contributed by atoms with Gasteiger partial charge in [-0.3, -0.25) is 4.79 Å². The smallest absolute Gasteiger partial charge is 0.234 e. The Kier molecular flexibility index (Phi) is 6.74. The van der Waals surface area contributed by atoms with E-state index in [1.807, 2.05) is 18.2 Å². The van der Waals surface area contributed by atoms with E-state index in [-0.39, 0.29) is 12.5 Å². The third-order valence-electron chi connectivity index (χ3n) is 2.27. The van der Waals surface area contributed by atoms with E-state index in [4.69, 9.17) is 5.11 Å². The van der Waals surface area contributed by atoms with Crippen LogP contribution in [0.25, 0.3) is 0 Å². The summed E-state index contributed by atoms with van der Waals surface area (Å²) in [6.45, 7) is 2.13. The normalized spacial score (nSPS) is 10.2. The van der Waals surface area contributed by atoms with Crippen LogP contribution in [0, 0.1) is 0 Å². The van der Waals surface area contributed by atoms with Crippen molar-refractivity contribution in [1.29, 1.82) is 0 Å². The first kappa shape index (κ1) is 14.1. The average molecular weight is 253 g/mol. The number of hydrogen-bond donors (Lipinski definition) is 2. The van der Waals surface area contributed by atoms with E-state index in [1.54, 1.807) is 17.8 Å². The molecule has 3 nitrogen and oxygen atoms in total. The maximum absolute atomic E-state index is 11.6. The predicted octanol–water partition coefficient (Wildman–Crippen LogP) is 2.65. The van der Waals surface area contributed by atoms with Gasteiger partial charge in [0.1, 0.15) is 0 Å².